The zero-order chi connectivity index (χ0) is 32.9. The summed E-state index contributed by atoms with van der Waals surface area (Å²) < 4.78 is 0. The average Bonchev–Trinajstić information content (AvgIpc) is 2.98. The predicted octanol–water partition coefficient (Wildman–Crippen LogP) is 5.57. The maximum atomic E-state index is 14.2. The van der Waals surface area contributed by atoms with Gasteiger partial charge in [0.25, 0.3) is 0 Å². The van der Waals surface area contributed by atoms with Crippen molar-refractivity contribution in [1.29, 1.82) is 0 Å². The Morgan fingerprint density at radius 1 is 0.413 bits per heavy atom. The summed E-state index contributed by atoms with van der Waals surface area (Å²) in [5.41, 5.74) is 4.71. The molecule has 0 radical (unpaired) electrons. The number of anilines is 4. The Morgan fingerprint density at radius 3 is 0.826 bits per heavy atom. The normalized spacial score (nSPS) is 13.5. The molecule has 0 aliphatic heterocycles. The Labute approximate surface area is 264 Å². The number of amides is 4. The van der Waals surface area contributed by atoms with E-state index in [9.17, 15) is 28.8 Å². The maximum Gasteiger partial charge on any atom is 0.221 e. The van der Waals surface area contributed by atoms with Crippen LogP contribution in [0.3, 0.4) is 0 Å². The summed E-state index contributed by atoms with van der Waals surface area (Å²) in [4.78, 5) is 78.5. The molecule has 0 heterocycles. The van der Waals surface area contributed by atoms with E-state index in [1.807, 2.05) is 0 Å². The van der Waals surface area contributed by atoms with Gasteiger partial charge < -0.3 is 21.3 Å². The molecule has 2 aliphatic carbocycles. The first-order valence-corrected chi connectivity index (χ1v) is 14.7. The van der Waals surface area contributed by atoms with E-state index >= 15 is 0 Å². The largest absolute Gasteiger partial charge is 0.326 e. The molecule has 0 bridgehead atoms. The molecule has 0 unspecified atom stereocenters. The Bertz CT molecular complexity index is 1750. The number of ketones is 2. The van der Waals surface area contributed by atoms with E-state index in [-0.39, 0.29) is 35.2 Å². The van der Waals surface area contributed by atoms with E-state index in [4.69, 9.17) is 0 Å². The van der Waals surface area contributed by atoms with Gasteiger partial charge >= 0.3 is 0 Å². The van der Waals surface area contributed by atoms with Crippen molar-refractivity contribution in [1.82, 2.24) is 0 Å². The highest BCUT2D eigenvalue weighted by Crippen LogP contribution is 2.57. The SMILES string of the molecule is CC(=O)Nc1cccc2c1C(C1c3c(NC(C)=O)cccc3C(=O)c3cccc(NC(C)=O)c31)c1c(NC(C)=O)cccc1C2=O. The topological polar surface area (TPSA) is 151 Å². The molecule has 2 aliphatic rings. The van der Waals surface area contributed by atoms with Gasteiger partial charge in [0.15, 0.2) is 11.6 Å². The summed E-state index contributed by atoms with van der Waals surface area (Å²) in [6, 6.07) is 20.2. The molecule has 10 nitrogen and oxygen atoms in total. The standard InChI is InChI=1S/C36H30N4O6/c1-17(41)37-25-13-5-9-21-29(25)33(30-22(35(21)45)10-6-14-26(30)38-18(2)42)34-31-23(11-7-15-27(31)39-19(3)43)36(46)24-12-8-16-28(32(24)34)40-20(4)44/h5-16,33-34H,1-4H3,(H,37,41)(H,38,42)(H,39,43)(H,40,44). The zero-order valence-corrected chi connectivity index (χ0v) is 25.5. The van der Waals surface area contributed by atoms with Gasteiger partial charge in [-0.05, 0) is 46.5 Å². The molecule has 0 saturated carbocycles. The van der Waals surface area contributed by atoms with Gasteiger partial charge in [-0.15, -0.1) is 0 Å². The molecule has 0 saturated heterocycles. The van der Waals surface area contributed by atoms with Crippen LogP contribution in [0.25, 0.3) is 0 Å². The van der Waals surface area contributed by atoms with Crippen molar-refractivity contribution < 1.29 is 28.8 Å². The van der Waals surface area contributed by atoms with Crippen molar-refractivity contribution in [3.63, 3.8) is 0 Å². The average molecular weight is 615 g/mol. The molecule has 230 valence electrons. The van der Waals surface area contributed by atoms with Gasteiger partial charge in [0.05, 0.1) is 0 Å². The molecule has 46 heavy (non-hydrogen) atoms. The van der Waals surface area contributed by atoms with E-state index in [0.717, 1.165) is 0 Å². The number of carbonyl (C=O) groups excluding carboxylic acids is 6. The Balaban J connectivity index is 1.81. The van der Waals surface area contributed by atoms with E-state index in [0.29, 0.717) is 67.3 Å². The quantitative estimate of drug-likeness (QED) is 0.231. The van der Waals surface area contributed by atoms with Gasteiger partial charge in [-0.25, -0.2) is 0 Å². The first-order chi connectivity index (χ1) is 22.0. The Hall–Kier alpha value is -5.90. The second-order valence-electron chi connectivity index (χ2n) is 11.4. The fourth-order valence-electron chi connectivity index (χ4n) is 6.83. The Morgan fingerprint density at radius 2 is 0.630 bits per heavy atom. The van der Waals surface area contributed by atoms with Gasteiger partial charge in [-0.1, -0.05) is 48.5 Å². The second-order valence-corrected chi connectivity index (χ2v) is 11.4. The zero-order valence-electron chi connectivity index (χ0n) is 25.5. The van der Waals surface area contributed by atoms with Crippen molar-refractivity contribution in [3.8, 4) is 0 Å². The molecule has 0 fully saturated rings. The molecular formula is C36H30N4O6. The van der Waals surface area contributed by atoms with E-state index < -0.39 is 11.8 Å². The first kappa shape index (κ1) is 30.1. The van der Waals surface area contributed by atoms with Crippen molar-refractivity contribution in [2.75, 3.05) is 21.3 Å². The third-order valence-electron chi connectivity index (χ3n) is 8.22. The van der Waals surface area contributed by atoms with Crippen LogP contribution in [0.15, 0.2) is 72.8 Å². The number of fused-ring (bicyclic) bond motifs is 4. The lowest BCUT2D eigenvalue weighted by molar-refractivity contribution is -0.115. The summed E-state index contributed by atoms with van der Waals surface area (Å²) >= 11 is 0. The van der Waals surface area contributed by atoms with Crippen LogP contribution >= 0.6 is 0 Å². The summed E-state index contributed by atoms with van der Waals surface area (Å²) in [5, 5.41) is 11.5. The number of benzene rings is 4. The van der Waals surface area contributed by atoms with Gasteiger partial charge in [-0.3, -0.25) is 28.8 Å². The fourth-order valence-corrected chi connectivity index (χ4v) is 6.83. The lowest BCUT2D eigenvalue weighted by atomic mass is 9.62. The predicted molar refractivity (Wildman–Crippen MR) is 174 cm³/mol. The van der Waals surface area contributed by atoms with E-state index in [1.165, 1.54) is 27.7 Å². The van der Waals surface area contributed by atoms with E-state index in [2.05, 4.69) is 21.3 Å². The smallest absolute Gasteiger partial charge is 0.221 e. The fraction of sp³-hybridized carbons (Fsp3) is 0.167. The molecule has 4 aromatic carbocycles. The van der Waals surface area contributed by atoms with Crippen LogP contribution in [0.5, 0.6) is 0 Å². The summed E-state index contributed by atoms with van der Waals surface area (Å²) in [6.07, 6.45) is 0. The summed E-state index contributed by atoms with van der Waals surface area (Å²) in [7, 11) is 0. The van der Waals surface area contributed by atoms with Crippen LogP contribution < -0.4 is 21.3 Å². The first-order valence-electron chi connectivity index (χ1n) is 14.7. The van der Waals surface area contributed by atoms with Gasteiger partial charge in [-0.2, -0.15) is 0 Å². The number of hydrogen-bond acceptors (Lipinski definition) is 6. The molecular weight excluding hydrogens is 584 g/mol. The molecule has 4 aromatic rings. The number of nitrogens with one attached hydrogen (secondary N) is 4. The van der Waals surface area contributed by atoms with Crippen LogP contribution in [-0.4, -0.2) is 35.2 Å². The minimum Gasteiger partial charge on any atom is -0.326 e. The molecule has 0 aromatic heterocycles. The summed E-state index contributed by atoms with van der Waals surface area (Å²) in [6.45, 7) is 5.46. The highest BCUT2D eigenvalue weighted by Gasteiger charge is 2.46. The minimum atomic E-state index is -0.816. The molecule has 4 N–H and O–H groups in total. The van der Waals surface area contributed by atoms with Crippen molar-refractivity contribution in [2.45, 2.75) is 39.5 Å². The highest BCUT2D eigenvalue weighted by atomic mass is 16.2. The van der Waals surface area contributed by atoms with Gasteiger partial charge in [0.2, 0.25) is 23.6 Å². The third-order valence-corrected chi connectivity index (χ3v) is 8.22. The van der Waals surface area contributed by atoms with Crippen molar-refractivity contribution >= 4 is 57.9 Å². The molecule has 0 spiro atoms. The molecule has 0 atom stereocenters. The number of hydrogen-bond donors (Lipinski definition) is 4. The van der Waals surface area contributed by atoms with Gasteiger partial charge in [0, 0.05) is 84.5 Å². The van der Waals surface area contributed by atoms with Crippen LogP contribution in [0.1, 0.15) is 93.6 Å². The van der Waals surface area contributed by atoms with Crippen molar-refractivity contribution in [3.05, 3.63) is 117 Å². The minimum absolute atomic E-state index is 0.307. The Kier molecular flexibility index (Phi) is 7.57. The third kappa shape index (κ3) is 5.03. The van der Waals surface area contributed by atoms with E-state index in [1.54, 1.807) is 72.8 Å². The van der Waals surface area contributed by atoms with Crippen LogP contribution in [0, 0.1) is 0 Å². The van der Waals surface area contributed by atoms with Gasteiger partial charge in [0.1, 0.15) is 0 Å². The lowest BCUT2D eigenvalue weighted by Crippen LogP contribution is -2.32. The number of rotatable bonds is 5. The lowest BCUT2D eigenvalue weighted by Gasteiger charge is -2.41. The van der Waals surface area contributed by atoms with Crippen molar-refractivity contribution in [2.24, 2.45) is 0 Å². The summed E-state index contributed by atoms with van der Waals surface area (Å²) in [5.74, 6) is -3.70. The van der Waals surface area contributed by atoms with Crippen LogP contribution in [-0.2, 0) is 19.2 Å². The molecule has 4 amide bonds. The van der Waals surface area contributed by atoms with Crippen LogP contribution in [0.4, 0.5) is 22.7 Å². The number of carbonyl (C=O) groups is 6. The molecule has 10 heteroatoms. The monoisotopic (exact) mass is 614 g/mol. The maximum absolute atomic E-state index is 14.2. The highest BCUT2D eigenvalue weighted by molar-refractivity contribution is 6.18. The molecule has 6 rings (SSSR count). The van der Waals surface area contributed by atoms with Crippen LogP contribution in [0.2, 0.25) is 0 Å². The second kappa shape index (κ2) is 11.6.